The first-order valence-electron chi connectivity index (χ1n) is 11.1. The highest BCUT2D eigenvalue weighted by atomic mass is 19.4. The standard InChI is InChI=1S/C24H28F3N5O3/c1-3-19(21-28-29-22(35-21)24(25,26)27)10-9-18(2)17-32(20-7-5-4-6-8-20)23(34)31-13-11-30(12-14-31)15-16-33/h3-10,33H,1,11-17H2,2H3/b18-9+,19-10+. The number of benzene rings is 1. The van der Waals surface area contributed by atoms with Crippen LogP contribution in [0, 0.1) is 0 Å². The molecule has 3 rings (SSSR count). The molecule has 0 spiro atoms. The van der Waals surface area contributed by atoms with Gasteiger partial charge in [-0.25, -0.2) is 4.79 Å². The Hall–Kier alpha value is -3.44. The lowest BCUT2D eigenvalue weighted by molar-refractivity contribution is -0.157. The molecule has 11 heteroatoms. The molecular formula is C24H28F3N5O3. The summed E-state index contributed by atoms with van der Waals surface area (Å²) in [6.07, 6.45) is -0.207. The second-order valence-electron chi connectivity index (χ2n) is 8.01. The van der Waals surface area contributed by atoms with Gasteiger partial charge in [0.2, 0.25) is 5.89 Å². The molecule has 188 valence electrons. The van der Waals surface area contributed by atoms with E-state index in [1.165, 1.54) is 12.2 Å². The molecule has 2 aromatic rings. The summed E-state index contributed by atoms with van der Waals surface area (Å²) in [6, 6.07) is 9.09. The quantitative estimate of drug-likeness (QED) is 0.565. The number of amides is 2. The minimum atomic E-state index is -4.73. The van der Waals surface area contributed by atoms with E-state index >= 15 is 0 Å². The molecule has 1 aliphatic rings. The molecule has 0 bridgehead atoms. The van der Waals surface area contributed by atoms with Gasteiger partial charge in [-0.1, -0.05) is 42.5 Å². The van der Waals surface area contributed by atoms with Gasteiger partial charge in [0, 0.05) is 50.5 Å². The van der Waals surface area contributed by atoms with Gasteiger partial charge in [-0.2, -0.15) is 13.2 Å². The highest BCUT2D eigenvalue weighted by Gasteiger charge is 2.38. The molecule has 1 fully saturated rings. The lowest BCUT2D eigenvalue weighted by atomic mass is 10.2. The zero-order valence-electron chi connectivity index (χ0n) is 19.4. The largest absolute Gasteiger partial charge is 0.470 e. The molecule has 1 N–H and O–H groups in total. The van der Waals surface area contributed by atoms with E-state index in [0.29, 0.717) is 32.7 Å². The first-order chi connectivity index (χ1) is 16.7. The average molecular weight is 492 g/mol. The molecule has 0 radical (unpaired) electrons. The van der Waals surface area contributed by atoms with Crippen molar-refractivity contribution in [3.63, 3.8) is 0 Å². The third kappa shape index (κ3) is 7.03. The molecule has 0 saturated carbocycles. The van der Waals surface area contributed by atoms with Crippen LogP contribution in [0.1, 0.15) is 18.7 Å². The second-order valence-corrected chi connectivity index (χ2v) is 8.01. The van der Waals surface area contributed by atoms with E-state index in [2.05, 4.69) is 21.7 Å². The van der Waals surface area contributed by atoms with Gasteiger partial charge < -0.3 is 14.4 Å². The van der Waals surface area contributed by atoms with Gasteiger partial charge >= 0.3 is 18.1 Å². The molecule has 2 heterocycles. The van der Waals surface area contributed by atoms with Crippen molar-refractivity contribution in [2.24, 2.45) is 0 Å². The Balaban J connectivity index is 1.77. The van der Waals surface area contributed by atoms with Gasteiger partial charge in [-0.05, 0) is 25.1 Å². The fraction of sp³-hybridized carbons (Fsp3) is 0.375. The fourth-order valence-electron chi connectivity index (χ4n) is 3.57. The van der Waals surface area contributed by atoms with Gasteiger partial charge in [0.25, 0.3) is 0 Å². The van der Waals surface area contributed by atoms with Crippen LogP contribution in [0.4, 0.5) is 23.7 Å². The van der Waals surface area contributed by atoms with Gasteiger partial charge in [-0.3, -0.25) is 9.80 Å². The second kappa shape index (κ2) is 11.8. The van der Waals surface area contributed by atoms with Crippen LogP contribution in [-0.2, 0) is 6.18 Å². The van der Waals surface area contributed by atoms with Crippen LogP contribution >= 0.6 is 0 Å². The van der Waals surface area contributed by atoms with Crippen LogP contribution in [0.2, 0.25) is 0 Å². The van der Waals surface area contributed by atoms with E-state index in [9.17, 15) is 18.0 Å². The number of aliphatic hydroxyl groups is 1. The number of para-hydroxylation sites is 1. The van der Waals surface area contributed by atoms with Crippen LogP contribution in [0.15, 0.2) is 65.1 Å². The Morgan fingerprint density at radius 1 is 1.17 bits per heavy atom. The third-order valence-electron chi connectivity index (χ3n) is 5.45. The minimum absolute atomic E-state index is 0.0788. The molecule has 8 nitrogen and oxygen atoms in total. The lowest BCUT2D eigenvalue weighted by Gasteiger charge is -2.37. The predicted octanol–water partition coefficient (Wildman–Crippen LogP) is 3.84. The number of β-amino-alcohol motifs (C(OH)–C–C–N with tert-alkyl or cyclic N) is 1. The Labute approximate surface area is 201 Å². The van der Waals surface area contributed by atoms with Crippen LogP contribution in [0.25, 0.3) is 5.57 Å². The van der Waals surface area contributed by atoms with Crippen molar-refractivity contribution in [3.05, 3.63) is 72.5 Å². The van der Waals surface area contributed by atoms with Crippen molar-refractivity contribution in [2.45, 2.75) is 13.1 Å². The van der Waals surface area contributed by atoms with E-state index in [1.54, 1.807) is 15.9 Å². The smallest absolute Gasteiger partial charge is 0.413 e. The first-order valence-corrected chi connectivity index (χ1v) is 11.1. The summed E-state index contributed by atoms with van der Waals surface area (Å²) in [5, 5.41) is 15.6. The van der Waals surface area contributed by atoms with E-state index < -0.39 is 12.1 Å². The number of urea groups is 1. The lowest BCUT2D eigenvalue weighted by Crippen LogP contribution is -2.53. The SMILES string of the molecule is C=C/C(=C\C=C(/C)CN(C(=O)N1CCN(CCO)CC1)c1ccccc1)c1nnc(C(F)(F)F)o1. The molecule has 0 atom stereocenters. The number of alkyl halides is 3. The van der Waals surface area contributed by atoms with E-state index in [1.807, 2.05) is 37.3 Å². The summed E-state index contributed by atoms with van der Waals surface area (Å²) >= 11 is 0. The topological polar surface area (TPSA) is 85.9 Å². The van der Waals surface area contributed by atoms with Crippen molar-refractivity contribution < 1.29 is 27.5 Å². The molecule has 1 aromatic carbocycles. The first kappa shape index (κ1) is 26.2. The minimum Gasteiger partial charge on any atom is -0.413 e. The highest BCUT2D eigenvalue weighted by Crippen LogP contribution is 2.29. The van der Waals surface area contributed by atoms with Gasteiger partial charge in [0.05, 0.1) is 6.61 Å². The van der Waals surface area contributed by atoms with Crippen molar-refractivity contribution in [2.75, 3.05) is 50.8 Å². The number of carbonyl (C=O) groups excluding carboxylic acids is 1. The summed E-state index contributed by atoms with van der Waals surface area (Å²) in [6.45, 7) is 8.79. The van der Waals surface area contributed by atoms with Crippen LogP contribution < -0.4 is 4.90 Å². The van der Waals surface area contributed by atoms with Crippen LogP contribution in [0.5, 0.6) is 0 Å². The van der Waals surface area contributed by atoms with Gasteiger partial charge in [0.1, 0.15) is 0 Å². The average Bonchev–Trinajstić information content (AvgIpc) is 3.35. The molecule has 0 unspecified atom stereocenters. The monoisotopic (exact) mass is 491 g/mol. The maximum absolute atomic E-state index is 13.4. The highest BCUT2D eigenvalue weighted by molar-refractivity contribution is 5.92. The Bertz CT molecular complexity index is 1060. The van der Waals surface area contributed by atoms with Crippen molar-refractivity contribution in [3.8, 4) is 0 Å². The number of allylic oxidation sites excluding steroid dienone is 4. The maximum atomic E-state index is 13.4. The van der Waals surface area contributed by atoms with Crippen LogP contribution in [-0.4, -0.2) is 77.0 Å². The third-order valence-corrected chi connectivity index (χ3v) is 5.45. The number of rotatable bonds is 8. The van der Waals surface area contributed by atoms with E-state index in [4.69, 9.17) is 9.52 Å². The zero-order chi connectivity index (χ0) is 25.4. The number of hydrogen-bond acceptors (Lipinski definition) is 6. The normalized spacial score (nSPS) is 15.9. The zero-order valence-corrected chi connectivity index (χ0v) is 19.4. The summed E-state index contributed by atoms with van der Waals surface area (Å²) in [5.41, 5.74) is 1.73. The van der Waals surface area contributed by atoms with Gasteiger partial charge in [-0.15, -0.1) is 10.2 Å². The summed E-state index contributed by atoms with van der Waals surface area (Å²) < 4.78 is 43.0. The number of halogens is 3. The summed E-state index contributed by atoms with van der Waals surface area (Å²) in [4.78, 5) is 18.9. The summed E-state index contributed by atoms with van der Waals surface area (Å²) in [5.74, 6) is -1.73. The number of carbonyl (C=O) groups is 1. The van der Waals surface area contributed by atoms with Crippen molar-refractivity contribution in [1.29, 1.82) is 0 Å². The van der Waals surface area contributed by atoms with Crippen molar-refractivity contribution in [1.82, 2.24) is 20.0 Å². The van der Waals surface area contributed by atoms with Crippen molar-refractivity contribution >= 4 is 17.3 Å². The Morgan fingerprint density at radius 2 is 1.86 bits per heavy atom. The summed E-state index contributed by atoms with van der Waals surface area (Å²) in [7, 11) is 0. The fourth-order valence-corrected chi connectivity index (χ4v) is 3.57. The number of nitrogens with zero attached hydrogens (tertiary/aromatic N) is 5. The predicted molar refractivity (Wildman–Crippen MR) is 126 cm³/mol. The van der Waals surface area contributed by atoms with Gasteiger partial charge in [0.15, 0.2) is 0 Å². The number of aliphatic hydroxyl groups excluding tert-OH is 1. The maximum Gasteiger partial charge on any atom is 0.470 e. The Kier molecular flexibility index (Phi) is 8.83. The van der Waals surface area contributed by atoms with E-state index in [-0.39, 0.29) is 30.6 Å². The number of hydrogen-bond donors (Lipinski definition) is 1. The number of anilines is 1. The number of aromatic nitrogens is 2. The molecule has 0 aliphatic carbocycles. The Morgan fingerprint density at radius 3 is 2.43 bits per heavy atom. The number of piperazine rings is 1. The molecule has 35 heavy (non-hydrogen) atoms. The van der Waals surface area contributed by atoms with E-state index in [0.717, 1.165) is 11.3 Å². The molecule has 1 aliphatic heterocycles. The molecular weight excluding hydrogens is 463 g/mol. The van der Waals surface area contributed by atoms with Crippen LogP contribution in [0.3, 0.4) is 0 Å². The molecule has 1 aromatic heterocycles. The molecule has 1 saturated heterocycles. The molecule has 2 amide bonds.